The third-order valence-corrected chi connectivity index (χ3v) is 4.96. The van der Waals surface area contributed by atoms with Crippen LogP contribution in [0.15, 0.2) is 56.2 Å². The van der Waals surface area contributed by atoms with Gasteiger partial charge in [-0.15, -0.1) is 0 Å². The Morgan fingerprint density at radius 2 is 1.38 bits per heavy atom. The van der Waals surface area contributed by atoms with Crippen LogP contribution in [0.25, 0.3) is 38.0 Å². The van der Waals surface area contributed by atoms with Crippen LogP contribution in [0, 0.1) is 0 Å². The predicted octanol–water partition coefficient (Wildman–Crippen LogP) is 1.54. The van der Waals surface area contributed by atoms with Gasteiger partial charge in [-0.25, -0.2) is 9.36 Å². The Bertz CT molecular complexity index is 1600. The van der Waals surface area contributed by atoms with E-state index in [0.29, 0.717) is 0 Å². The highest BCUT2D eigenvalue weighted by Crippen LogP contribution is 2.39. The standard InChI is InChI=1S/C20H9NO8/c22-12-5-7(6-13(23)16(12)24)21-17(25)8-1-3-10-15-11(20(28)29-19(10)27)4-2-9(14(8)15)18(21)26/h1-6,22,25,28H. The number of rotatable bonds is 1. The molecule has 2 heterocycles. The number of nitrogens with zero attached hydrogens (tertiary/aromatic N) is 1. The Morgan fingerprint density at radius 3 is 2.10 bits per heavy atom. The maximum atomic E-state index is 13.1. The van der Waals surface area contributed by atoms with E-state index >= 15 is 0 Å². The molecule has 2 aromatic carbocycles. The van der Waals surface area contributed by atoms with E-state index in [1.54, 1.807) is 0 Å². The molecule has 0 unspecified atom stereocenters. The molecule has 0 amide bonds. The molecule has 5 rings (SSSR count). The first kappa shape index (κ1) is 16.8. The van der Waals surface area contributed by atoms with Crippen molar-refractivity contribution in [1.29, 1.82) is 0 Å². The fraction of sp³-hybridized carbons (Fsp3) is 0. The Labute approximate surface area is 159 Å². The van der Waals surface area contributed by atoms with Gasteiger partial charge in [-0.2, -0.15) is 0 Å². The number of carbonyl (C=O) groups excluding carboxylic acids is 2. The third kappa shape index (κ3) is 2.03. The van der Waals surface area contributed by atoms with Gasteiger partial charge in [0, 0.05) is 33.7 Å². The molecule has 0 spiro atoms. The number of benzene rings is 2. The number of allylic oxidation sites excluding steroid dienone is 4. The lowest BCUT2D eigenvalue weighted by molar-refractivity contribution is -0.133. The van der Waals surface area contributed by atoms with Gasteiger partial charge < -0.3 is 19.7 Å². The Hall–Kier alpha value is -4.40. The predicted molar refractivity (Wildman–Crippen MR) is 101 cm³/mol. The molecule has 9 nitrogen and oxygen atoms in total. The van der Waals surface area contributed by atoms with Crippen LogP contribution < -0.4 is 11.2 Å². The summed E-state index contributed by atoms with van der Waals surface area (Å²) >= 11 is 0. The van der Waals surface area contributed by atoms with E-state index in [1.165, 1.54) is 24.3 Å². The SMILES string of the molecule is O=C1C=C(n2c(O)c3ccc4c(=O)oc(O)c5ccc(c2=O)c3c54)C=C(O)C1=O. The molecule has 1 aliphatic carbocycles. The van der Waals surface area contributed by atoms with E-state index in [0.717, 1.165) is 16.7 Å². The summed E-state index contributed by atoms with van der Waals surface area (Å²) in [5.74, 6) is -4.21. The summed E-state index contributed by atoms with van der Waals surface area (Å²) in [6.07, 6.45) is 1.74. The number of hydrogen-bond acceptors (Lipinski definition) is 8. The molecule has 0 bridgehead atoms. The first-order valence-corrected chi connectivity index (χ1v) is 8.29. The molecule has 0 radical (unpaired) electrons. The van der Waals surface area contributed by atoms with Crippen LogP contribution in [-0.2, 0) is 9.59 Å². The molecule has 0 saturated heterocycles. The molecule has 29 heavy (non-hydrogen) atoms. The minimum atomic E-state index is -1.12. The quantitative estimate of drug-likeness (QED) is 0.251. The van der Waals surface area contributed by atoms with E-state index < -0.39 is 40.3 Å². The maximum absolute atomic E-state index is 13.1. The summed E-state index contributed by atoms with van der Waals surface area (Å²) in [6.45, 7) is 0. The van der Waals surface area contributed by atoms with E-state index in [4.69, 9.17) is 4.42 Å². The molecule has 0 aliphatic heterocycles. The van der Waals surface area contributed by atoms with Crippen LogP contribution >= 0.6 is 0 Å². The Morgan fingerprint density at radius 1 is 0.759 bits per heavy atom. The zero-order valence-electron chi connectivity index (χ0n) is 14.3. The highest BCUT2D eigenvalue weighted by Gasteiger charge is 2.26. The van der Waals surface area contributed by atoms with Crippen LogP contribution in [0.4, 0.5) is 0 Å². The van der Waals surface area contributed by atoms with Crippen LogP contribution in [0.5, 0.6) is 11.8 Å². The number of pyridine rings is 1. The maximum Gasteiger partial charge on any atom is 0.346 e. The zero-order chi connectivity index (χ0) is 20.6. The van der Waals surface area contributed by atoms with Crippen molar-refractivity contribution >= 4 is 49.6 Å². The highest BCUT2D eigenvalue weighted by molar-refractivity contribution is 6.49. The molecule has 9 heteroatoms. The van der Waals surface area contributed by atoms with E-state index in [-0.39, 0.29) is 38.0 Å². The number of ketones is 2. The summed E-state index contributed by atoms with van der Waals surface area (Å²) in [5.41, 5.74) is -1.75. The minimum Gasteiger partial charge on any atom is -0.504 e. The molecular formula is C20H9NO8. The van der Waals surface area contributed by atoms with Gasteiger partial charge in [0.2, 0.25) is 11.7 Å². The smallest absolute Gasteiger partial charge is 0.346 e. The van der Waals surface area contributed by atoms with Gasteiger partial charge in [0.05, 0.1) is 16.5 Å². The normalized spacial score (nSPS) is 14.8. The summed E-state index contributed by atoms with van der Waals surface area (Å²) in [7, 11) is 0. The molecule has 3 N–H and O–H groups in total. The van der Waals surface area contributed by atoms with Crippen molar-refractivity contribution in [2.24, 2.45) is 0 Å². The topological polar surface area (TPSA) is 147 Å². The second-order valence-electron chi connectivity index (χ2n) is 6.52. The molecule has 2 aromatic heterocycles. The summed E-state index contributed by atoms with van der Waals surface area (Å²) in [6, 6.07) is 5.54. The third-order valence-electron chi connectivity index (χ3n) is 4.96. The van der Waals surface area contributed by atoms with Crippen LogP contribution in [0.1, 0.15) is 0 Å². The van der Waals surface area contributed by atoms with Crippen molar-refractivity contribution in [3.63, 3.8) is 0 Å². The molecule has 142 valence electrons. The number of Topliss-reactive ketones (excluding diaryl/α,β-unsaturated/α-hetero) is 1. The first-order valence-electron chi connectivity index (χ1n) is 8.29. The van der Waals surface area contributed by atoms with Crippen LogP contribution in [0.2, 0.25) is 0 Å². The number of aromatic nitrogens is 1. The molecule has 4 aromatic rings. The highest BCUT2D eigenvalue weighted by atomic mass is 16.5. The zero-order valence-corrected chi connectivity index (χ0v) is 14.3. The van der Waals surface area contributed by atoms with Crippen molar-refractivity contribution in [3.05, 3.63) is 63.0 Å². The van der Waals surface area contributed by atoms with Gasteiger partial charge in [-0.05, 0) is 24.3 Å². The average Bonchev–Trinajstić information content (AvgIpc) is 2.68. The van der Waals surface area contributed by atoms with Gasteiger partial charge in [0.1, 0.15) is 0 Å². The molecule has 0 atom stereocenters. The van der Waals surface area contributed by atoms with Gasteiger partial charge >= 0.3 is 5.63 Å². The van der Waals surface area contributed by atoms with Crippen LogP contribution in [0.3, 0.4) is 0 Å². The number of aliphatic hydroxyl groups excluding tert-OH is 1. The van der Waals surface area contributed by atoms with Gasteiger partial charge in [-0.1, -0.05) is 0 Å². The average molecular weight is 391 g/mol. The summed E-state index contributed by atoms with van der Waals surface area (Å²) < 4.78 is 5.57. The van der Waals surface area contributed by atoms with Crippen molar-refractivity contribution in [2.75, 3.05) is 0 Å². The number of aromatic hydroxyl groups is 2. The Balaban J connectivity index is 2.00. The van der Waals surface area contributed by atoms with Gasteiger partial charge in [-0.3, -0.25) is 14.4 Å². The lowest BCUT2D eigenvalue weighted by Crippen LogP contribution is -2.25. The minimum absolute atomic E-state index is 0.0824. The molecule has 1 aliphatic rings. The second kappa shape index (κ2) is 5.32. The molecular weight excluding hydrogens is 382 g/mol. The first-order chi connectivity index (χ1) is 13.8. The van der Waals surface area contributed by atoms with Crippen molar-refractivity contribution in [1.82, 2.24) is 4.57 Å². The molecule has 0 saturated carbocycles. The van der Waals surface area contributed by atoms with Gasteiger partial charge in [0.15, 0.2) is 5.76 Å². The van der Waals surface area contributed by atoms with E-state index in [2.05, 4.69) is 0 Å². The summed E-state index contributed by atoms with van der Waals surface area (Å²) in [4.78, 5) is 48.5. The summed E-state index contributed by atoms with van der Waals surface area (Å²) in [5, 5.41) is 31.5. The fourth-order valence-electron chi connectivity index (χ4n) is 3.69. The number of carbonyl (C=O) groups is 2. The number of aliphatic hydroxyl groups is 1. The second-order valence-corrected chi connectivity index (χ2v) is 6.52. The van der Waals surface area contributed by atoms with E-state index in [1.807, 2.05) is 0 Å². The van der Waals surface area contributed by atoms with Crippen molar-refractivity contribution < 1.29 is 29.3 Å². The van der Waals surface area contributed by atoms with Crippen molar-refractivity contribution in [3.8, 4) is 11.8 Å². The van der Waals surface area contributed by atoms with Gasteiger partial charge in [0.25, 0.3) is 17.3 Å². The largest absolute Gasteiger partial charge is 0.504 e. The van der Waals surface area contributed by atoms with Crippen LogP contribution in [-0.4, -0.2) is 31.5 Å². The van der Waals surface area contributed by atoms with Crippen molar-refractivity contribution in [2.45, 2.75) is 0 Å². The monoisotopic (exact) mass is 391 g/mol. The number of hydrogen-bond donors (Lipinski definition) is 3. The fourth-order valence-corrected chi connectivity index (χ4v) is 3.69. The Kier molecular flexibility index (Phi) is 3.07. The molecule has 0 fully saturated rings. The lowest BCUT2D eigenvalue weighted by Gasteiger charge is -2.17. The van der Waals surface area contributed by atoms with E-state index in [9.17, 15) is 34.5 Å². The lowest BCUT2D eigenvalue weighted by atomic mass is 9.96.